The summed E-state index contributed by atoms with van der Waals surface area (Å²) in [4.78, 5) is 4.68. The van der Waals surface area contributed by atoms with Crippen LogP contribution in [0.1, 0.15) is 11.6 Å². The van der Waals surface area contributed by atoms with Gasteiger partial charge in [0.2, 0.25) is 10.0 Å². The summed E-state index contributed by atoms with van der Waals surface area (Å²) in [7, 11) is -0.374. The number of ether oxygens (including phenoxy) is 2. The van der Waals surface area contributed by atoms with E-state index in [1.807, 2.05) is 18.2 Å². The van der Waals surface area contributed by atoms with E-state index in [0.717, 1.165) is 5.69 Å². The molecule has 1 saturated heterocycles. The molecule has 0 aliphatic carbocycles. The Morgan fingerprint density at radius 1 is 1.12 bits per heavy atom. The van der Waals surface area contributed by atoms with Crippen LogP contribution in [-0.2, 0) is 14.8 Å². The Kier molecular flexibility index (Phi) is 5.36. The van der Waals surface area contributed by atoms with E-state index in [2.05, 4.69) is 4.98 Å². The van der Waals surface area contributed by atoms with Crippen molar-refractivity contribution in [2.45, 2.75) is 10.8 Å². The third kappa shape index (κ3) is 3.68. The van der Waals surface area contributed by atoms with Gasteiger partial charge >= 0.3 is 0 Å². The Hall–Kier alpha value is -1.96. The van der Waals surface area contributed by atoms with Gasteiger partial charge in [0.1, 0.15) is 5.75 Å². The van der Waals surface area contributed by atoms with Crippen LogP contribution in [0.5, 0.6) is 5.75 Å². The molecule has 1 aliphatic heterocycles. The quantitative estimate of drug-likeness (QED) is 0.787. The van der Waals surface area contributed by atoms with Crippen molar-refractivity contribution in [2.24, 2.45) is 5.92 Å². The number of benzene rings is 1. The minimum atomic E-state index is -3.56. The maximum absolute atomic E-state index is 13.0. The summed E-state index contributed by atoms with van der Waals surface area (Å²) in [6.45, 7) is 1.32. The molecule has 134 valence electrons. The molecule has 6 nitrogen and oxygen atoms in total. The molecule has 0 N–H and O–H groups in total. The first kappa shape index (κ1) is 17.8. The van der Waals surface area contributed by atoms with Crippen molar-refractivity contribution in [1.82, 2.24) is 9.29 Å². The lowest BCUT2D eigenvalue weighted by molar-refractivity contribution is 0.150. The Morgan fingerprint density at radius 3 is 2.48 bits per heavy atom. The molecule has 0 radical (unpaired) electrons. The molecular weight excluding hydrogens is 340 g/mol. The van der Waals surface area contributed by atoms with Gasteiger partial charge in [-0.25, -0.2) is 8.42 Å². The number of pyridine rings is 1. The molecule has 0 spiro atoms. The van der Waals surface area contributed by atoms with Crippen molar-refractivity contribution in [3.05, 3.63) is 54.4 Å². The molecule has 7 heteroatoms. The van der Waals surface area contributed by atoms with E-state index < -0.39 is 10.0 Å². The third-order valence-electron chi connectivity index (χ3n) is 4.55. The van der Waals surface area contributed by atoms with Crippen molar-refractivity contribution < 1.29 is 17.9 Å². The fraction of sp³-hybridized carbons (Fsp3) is 0.389. The standard InChI is InChI=1S/C18H22N2O4S/c1-23-13-14-11-20(12-17(14)18-5-3-4-10-19-18)25(21,22)16-8-6-15(24-2)7-9-16/h3-10,14,17H,11-13H2,1-2H3/t14-,17+/m0/s1. The minimum absolute atomic E-state index is 0.0224. The van der Waals surface area contributed by atoms with Crippen molar-refractivity contribution in [1.29, 1.82) is 0 Å². The normalized spacial score (nSPS) is 21.4. The van der Waals surface area contributed by atoms with E-state index in [4.69, 9.17) is 9.47 Å². The number of sulfonamides is 1. The molecule has 0 bridgehead atoms. The van der Waals surface area contributed by atoms with E-state index in [1.165, 1.54) is 4.31 Å². The molecule has 2 atom stereocenters. The molecule has 1 fully saturated rings. The fourth-order valence-corrected chi connectivity index (χ4v) is 4.76. The second-order valence-corrected chi connectivity index (χ2v) is 8.01. The molecule has 3 rings (SSSR count). The fourth-order valence-electron chi connectivity index (χ4n) is 3.24. The monoisotopic (exact) mass is 362 g/mol. The molecule has 0 unspecified atom stereocenters. The second kappa shape index (κ2) is 7.51. The summed E-state index contributed by atoms with van der Waals surface area (Å²) in [5, 5.41) is 0. The predicted octanol–water partition coefficient (Wildman–Crippen LogP) is 2.14. The smallest absolute Gasteiger partial charge is 0.243 e. The van der Waals surface area contributed by atoms with Crippen LogP contribution < -0.4 is 4.74 Å². The highest BCUT2D eigenvalue weighted by Gasteiger charge is 2.40. The Labute approximate surface area is 148 Å². The van der Waals surface area contributed by atoms with E-state index in [-0.39, 0.29) is 16.7 Å². The van der Waals surface area contributed by atoms with Crippen LogP contribution in [0.25, 0.3) is 0 Å². The zero-order valence-electron chi connectivity index (χ0n) is 14.3. The van der Waals surface area contributed by atoms with E-state index in [9.17, 15) is 8.42 Å². The lowest BCUT2D eigenvalue weighted by Gasteiger charge is -2.16. The van der Waals surface area contributed by atoms with Crippen molar-refractivity contribution >= 4 is 10.0 Å². The highest BCUT2D eigenvalue weighted by Crippen LogP contribution is 2.35. The number of rotatable bonds is 6. The van der Waals surface area contributed by atoms with Crippen LogP contribution in [0.2, 0.25) is 0 Å². The number of methoxy groups -OCH3 is 2. The molecule has 1 aromatic heterocycles. The molecule has 0 amide bonds. The lowest BCUT2D eigenvalue weighted by atomic mass is 9.93. The van der Waals surface area contributed by atoms with Crippen LogP contribution in [0.15, 0.2) is 53.6 Å². The van der Waals surface area contributed by atoms with E-state index in [0.29, 0.717) is 25.4 Å². The van der Waals surface area contributed by atoms with Crippen LogP contribution in [0, 0.1) is 5.92 Å². The Morgan fingerprint density at radius 2 is 1.88 bits per heavy atom. The zero-order valence-corrected chi connectivity index (χ0v) is 15.1. The summed E-state index contributed by atoms with van der Waals surface area (Å²) < 4.78 is 37.9. The molecule has 2 heterocycles. The van der Waals surface area contributed by atoms with Gasteiger partial charge in [-0.15, -0.1) is 0 Å². The van der Waals surface area contributed by atoms with Crippen LogP contribution in [0.3, 0.4) is 0 Å². The molecule has 2 aromatic rings. The topological polar surface area (TPSA) is 68.7 Å². The predicted molar refractivity (Wildman–Crippen MR) is 94.1 cm³/mol. The molecule has 25 heavy (non-hydrogen) atoms. The SMILES string of the molecule is COC[C@@H]1CN(S(=O)(=O)c2ccc(OC)cc2)C[C@H]1c1ccccn1. The lowest BCUT2D eigenvalue weighted by Crippen LogP contribution is -2.29. The van der Waals surface area contributed by atoms with Crippen molar-refractivity contribution in [2.75, 3.05) is 33.9 Å². The van der Waals surface area contributed by atoms with Crippen LogP contribution >= 0.6 is 0 Å². The van der Waals surface area contributed by atoms with Gasteiger partial charge in [-0.05, 0) is 36.4 Å². The first-order valence-electron chi connectivity index (χ1n) is 8.10. The first-order chi connectivity index (χ1) is 12.1. The van der Waals surface area contributed by atoms with Gasteiger partial charge in [0.25, 0.3) is 0 Å². The van der Waals surface area contributed by atoms with Gasteiger partial charge in [0.15, 0.2) is 0 Å². The average molecular weight is 362 g/mol. The summed E-state index contributed by atoms with van der Waals surface area (Å²) >= 11 is 0. The second-order valence-electron chi connectivity index (χ2n) is 6.07. The summed E-state index contributed by atoms with van der Waals surface area (Å²) in [6, 6.07) is 12.2. The average Bonchev–Trinajstić information content (AvgIpc) is 3.08. The van der Waals surface area contributed by atoms with Gasteiger partial charge in [0.05, 0.1) is 18.6 Å². The molecule has 0 saturated carbocycles. The molecule has 1 aliphatic rings. The van der Waals surface area contributed by atoms with Crippen LogP contribution in [0.4, 0.5) is 0 Å². The zero-order chi connectivity index (χ0) is 17.9. The van der Waals surface area contributed by atoms with Gasteiger partial charge in [-0.3, -0.25) is 4.98 Å². The largest absolute Gasteiger partial charge is 0.497 e. The maximum atomic E-state index is 13.0. The number of hydrogen-bond acceptors (Lipinski definition) is 5. The summed E-state index contributed by atoms with van der Waals surface area (Å²) in [5.41, 5.74) is 0.900. The van der Waals surface area contributed by atoms with E-state index in [1.54, 1.807) is 44.7 Å². The van der Waals surface area contributed by atoms with Crippen LogP contribution in [-0.4, -0.2) is 51.6 Å². The molecular formula is C18H22N2O4S. The highest BCUT2D eigenvalue weighted by atomic mass is 32.2. The molecule has 1 aromatic carbocycles. The van der Waals surface area contributed by atoms with Gasteiger partial charge in [-0.1, -0.05) is 6.07 Å². The number of aromatic nitrogens is 1. The maximum Gasteiger partial charge on any atom is 0.243 e. The number of nitrogens with zero attached hydrogens (tertiary/aromatic N) is 2. The number of hydrogen-bond donors (Lipinski definition) is 0. The highest BCUT2D eigenvalue weighted by molar-refractivity contribution is 7.89. The van der Waals surface area contributed by atoms with Crippen molar-refractivity contribution in [3.63, 3.8) is 0 Å². The Balaban J connectivity index is 1.86. The summed E-state index contributed by atoms with van der Waals surface area (Å²) in [5.74, 6) is 0.728. The first-order valence-corrected chi connectivity index (χ1v) is 9.54. The third-order valence-corrected chi connectivity index (χ3v) is 6.40. The van der Waals surface area contributed by atoms with Gasteiger partial charge in [-0.2, -0.15) is 4.31 Å². The van der Waals surface area contributed by atoms with Gasteiger partial charge in [0, 0.05) is 43.9 Å². The summed E-state index contributed by atoms with van der Waals surface area (Å²) in [6.07, 6.45) is 1.74. The van der Waals surface area contributed by atoms with Gasteiger partial charge < -0.3 is 9.47 Å². The minimum Gasteiger partial charge on any atom is -0.497 e. The van der Waals surface area contributed by atoms with Crippen molar-refractivity contribution in [3.8, 4) is 5.75 Å². The Bertz CT molecular complexity index is 794. The van der Waals surface area contributed by atoms with E-state index >= 15 is 0 Å².